The van der Waals surface area contributed by atoms with Crippen molar-refractivity contribution in [3.63, 3.8) is 0 Å². The number of ether oxygens (including phenoxy) is 1. The van der Waals surface area contributed by atoms with Gasteiger partial charge in [-0.15, -0.1) is 0 Å². The van der Waals surface area contributed by atoms with Crippen LogP contribution in [0.15, 0.2) is 66.9 Å². The van der Waals surface area contributed by atoms with Gasteiger partial charge in [0.1, 0.15) is 12.3 Å². The Bertz CT molecular complexity index is 1450. The summed E-state index contributed by atoms with van der Waals surface area (Å²) in [7, 11) is 1.54. The predicted molar refractivity (Wildman–Crippen MR) is 139 cm³/mol. The minimum atomic E-state index is -1.10. The number of pyridine rings is 1. The van der Waals surface area contributed by atoms with Gasteiger partial charge in [-0.2, -0.15) is 0 Å². The minimum absolute atomic E-state index is 0.0886. The summed E-state index contributed by atoms with van der Waals surface area (Å²) in [6, 6.07) is 17.2. The fraction of sp³-hybridized carbons (Fsp3) is 0.185. The number of rotatable bonds is 9. The standard InChI is InChI=1S/C27H25ClN4O5/c1-17-22(14-25(33)30-31(16-26(34)35)15-20-5-3-4-12-29-20)23-13-21(37-2)10-11-24(23)32(17)27(36)18-6-8-19(28)9-7-18/h3-13H,14-16H2,1-2H3,(H,30,33)(H,34,35). The van der Waals surface area contributed by atoms with Gasteiger partial charge in [-0.05, 0) is 67.1 Å². The van der Waals surface area contributed by atoms with Crippen LogP contribution in [0.25, 0.3) is 10.9 Å². The summed E-state index contributed by atoms with van der Waals surface area (Å²) in [6.45, 7) is 1.47. The van der Waals surface area contributed by atoms with Crippen LogP contribution in [0.5, 0.6) is 5.75 Å². The number of benzene rings is 2. The van der Waals surface area contributed by atoms with Crippen LogP contribution in [-0.2, 0) is 22.6 Å². The molecule has 0 aliphatic heterocycles. The lowest BCUT2D eigenvalue weighted by Crippen LogP contribution is -2.45. The molecule has 190 valence electrons. The lowest BCUT2D eigenvalue weighted by atomic mass is 10.1. The molecule has 0 saturated carbocycles. The molecule has 2 aromatic carbocycles. The van der Waals surface area contributed by atoms with Gasteiger partial charge in [0.2, 0.25) is 5.91 Å². The number of hydrogen-bond donors (Lipinski definition) is 2. The third-order valence-corrected chi connectivity index (χ3v) is 6.11. The van der Waals surface area contributed by atoms with Crippen molar-refractivity contribution in [3.8, 4) is 5.75 Å². The second-order valence-electron chi connectivity index (χ2n) is 8.38. The Morgan fingerprint density at radius 3 is 2.51 bits per heavy atom. The van der Waals surface area contributed by atoms with Crippen LogP contribution in [0.3, 0.4) is 0 Å². The Morgan fingerprint density at radius 2 is 1.86 bits per heavy atom. The van der Waals surface area contributed by atoms with E-state index in [2.05, 4.69) is 10.4 Å². The summed E-state index contributed by atoms with van der Waals surface area (Å²) < 4.78 is 6.93. The molecule has 0 atom stereocenters. The zero-order valence-electron chi connectivity index (χ0n) is 20.3. The zero-order chi connectivity index (χ0) is 26.5. The third-order valence-electron chi connectivity index (χ3n) is 5.86. The van der Waals surface area contributed by atoms with Gasteiger partial charge >= 0.3 is 5.97 Å². The van der Waals surface area contributed by atoms with Gasteiger partial charge in [-0.25, -0.2) is 5.01 Å². The van der Waals surface area contributed by atoms with Gasteiger partial charge in [0.15, 0.2) is 0 Å². The van der Waals surface area contributed by atoms with Gasteiger partial charge in [0.25, 0.3) is 5.91 Å². The summed E-state index contributed by atoms with van der Waals surface area (Å²) in [6.07, 6.45) is 1.51. The molecule has 9 nitrogen and oxygen atoms in total. The highest BCUT2D eigenvalue weighted by Gasteiger charge is 2.23. The molecular formula is C27H25ClN4O5. The number of fused-ring (bicyclic) bond motifs is 1. The zero-order valence-corrected chi connectivity index (χ0v) is 21.0. The van der Waals surface area contributed by atoms with Crippen LogP contribution in [-0.4, -0.2) is 51.1 Å². The van der Waals surface area contributed by atoms with E-state index in [0.717, 1.165) is 0 Å². The summed E-state index contributed by atoms with van der Waals surface area (Å²) in [5, 5.41) is 11.8. The van der Waals surface area contributed by atoms with Crippen molar-refractivity contribution in [3.05, 3.63) is 94.4 Å². The maximum Gasteiger partial charge on any atom is 0.319 e. The molecular weight excluding hydrogens is 496 g/mol. The van der Waals surface area contributed by atoms with Gasteiger partial charge in [-0.3, -0.25) is 29.4 Å². The van der Waals surface area contributed by atoms with Crippen molar-refractivity contribution < 1.29 is 24.2 Å². The van der Waals surface area contributed by atoms with Crippen LogP contribution in [0.2, 0.25) is 5.02 Å². The number of hydrogen-bond acceptors (Lipinski definition) is 6. The van der Waals surface area contributed by atoms with Crippen molar-refractivity contribution in [1.29, 1.82) is 0 Å². The van der Waals surface area contributed by atoms with E-state index >= 15 is 0 Å². The molecule has 2 aromatic heterocycles. The lowest BCUT2D eigenvalue weighted by Gasteiger charge is -2.21. The number of carboxylic acids is 1. The number of carbonyl (C=O) groups is 3. The molecule has 0 saturated heterocycles. The molecule has 0 radical (unpaired) electrons. The van der Waals surface area contributed by atoms with Crippen LogP contribution in [0.4, 0.5) is 0 Å². The number of aromatic nitrogens is 2. The Labute approximate surface area is 218 Å². The van der Waals surface area contributed by atoms with E-state index in [9.17, 15) is 19.5 Å². The first-order valence-electron chi connectivity index (χ1n) is 11.4. The Balaban J connectivity index is 1.67. The summed E-state index contributed by atoms with van der Waals surface area (Å²) in [5.74, 6) is -1.21. The number of aliphatic carboxylic acids is 1. The van der Waals surface area contributed by atoms with E-state index < -0.39 is 18.4 Å². The molecule has 4 aromatic rings. The second kappa shape index (κ2) is 11.2. The van der Waals surface area contributed by atoms with Crippen LogP contribution < -0.4 is 10.2 Å². The highest BCUT2D eigenvalue weighted by molar-refractivity contribution is 6.30. The lowest BCUT2D eigenvalue weighted by molar-refractivity contribution is -0.140. The maximum atomic E-state index is 13.5. The summed E-state index contributed by atoms with van der Waals surface area (Å²) in [4.78, 5) is 42.2. The number of amides is 1. The number of methoxy groups -OCH3 is 1. The molecule has 10 heteroatoms. The number of carbonyl (C=O) groups excluding carboxylic acids is 2. The van der Waals surface area contributed by atoms with Gasteiger partial charge in [0.05, 0.1) is 31.3 Å². The Morgan fingerprint density at radius 1 is 1.11 bits per heavy atom. The van der Waals surface area contributed by atoms with E-state index in [4.69, 9.17) is 16.3 Å². The molecule has 0 fully saturated rings. The van der Waals surface area contributed by atoms with E-state index in [0.29, 0.717) is 44.2 Å². The first kappa shape index (κ1) is 25.9. The topological polar surface area (TPSA) is 114 Å². The predicted octanol–water partition coefficient (Wildman–Crippen LogP) is 3.86. The summed E-state index contributed by atoms with van der Waals surface area (Å²) in [5.41, 5.74) is 5.57. The van der Waals surface area contributed by atoms with Gasteiger partial charge in [-0.1, -0.05) is 17.7 Å². The fourth-order valence-corrected chi connectivity index (χ4v) is 4.28. The molecule has 1 amide bonds. The molecule has 0 spiro atoms. The fourth-order valence-electron chi connectivity index (χ4n) is 4.16. The van der Waals surface area contributed by atoms with Crippen LogP contribution in [0, 0.1) is 6.92 Å². The Kier molecular flexibility index (Phi) is 7.86. The van der Waals surface area contributed by atoms with E-state index in [1.54, 1.807) is 78.4 Å². The van der Waals surface area contributed by atoms with Crippen molar-refractivity contribution in [2.45, 2.75) is 19.9 Å². The number of nitrogens with one attached hydrogen (secondary N) is 1. The van der Waals surface area contributed by atoms with Crippen molar-refractivity contribution in [1.82, 2.24) is 20.0 Å². The highest BCUT2D eigenvalue weighted by atomic mass is 35.5. The summed E-state index contributed by atoms with van der Waals surface area (Å²) >= 11 is 5.99. The van der Waals surface area contributed by atoms with Crippen molar-refractivity contribution >= 4 is 40.3 Å². The van der Waals surface area contributed by atoms with Crippen molar-refractivity contribution in [2.75, 3.05) is 13.7 Å². The molecule has 37 heavy (non-hydrogen) atoms. The smallest absolute Gasteiger partial charge is 0.319 e. The third kappa shape index (κ3) is 5.96. The molecule has 2 heterocycles. The molecule has 0 aliphatic carbocycles. The molecule has 2 N–H and O–H groups in total. The monoisotopic (exact) mass is 520 g/mol. The van der Waals surface area contributed by atoms with Crippen LogP contribution >= 0.6 is 11.6 Å². The number of nitrogens with zero attached hydrogens (tertiary/aromatic N) is 3. The first-order valence-corrected chi connectivity index (χ1v) is 11.8. The number of carboxylic acid groups (broad SMARTS) is 1. The van der Waals surface area contributed by atoms with E-state index in [1.165, 1.54) is 12.1 Å². The van der Waals surface area contributed by atoms with Crippen LogP contribution in [0.1, 0.15) is 27.3 Å². The maximum absolute atomic E-state index is 13.5. The van der Waals surface area contributed by atoms with Gasteiger partial charge in [0, 0.05) is 27.9 Å². The SMILES string of the molecule is COc1ccc2c(c1)c(CC(=O)NN(CC(=O)O)Cc1ccccn1)c(C)n2C(=O)c1ccc(Cl)cc1. The molecule has 0 aliphatic rings. The van der Waals surface area contributed by atoms with E-state index in [1.807, 2.05) is 0 Å². The first-order chi connectivity index (χ1) is 17.8. The minimum Gasteiger partial charge on any atom is -0.497 e. The Hall–Kier alpha value is -4.21. The number of hydrazine groups is 1. The second-order valence-corrected chi connectivity index (χ2v) is 8.81. The largest absolute Gasteiger partial charge is 0.497 e. The van der Waals surface area contributed by atoms with Gasteiger partial charge < -0.3 is 9.84 Å². The molecule has 4 rings (SSSR count). The normalized spacial score (nSPS) is 11.0. The molecule has 0 bridgehead atoms. The quantitative estimate of drug-likeness (QED) is 0.322. The molecule has 0 unspecified atom stereocenters. The average Bonchev–Trinajstić information content (AvgIpc) is 3.14. The number of halogens is 1. The highest BCUT2D eigenvalue weighted by Crippen LogP contribution is 2.31. The van der Waals surface area contributed by atoms with E-state index in [-0.39, 0.29) is 18.9 Å². The average molecular weight is 521 g/mol. The van der Waals surface area contributed by atoms with Crippen molar-refractivity contribution in [2.24, 2.45) is 0 Å².